The van der Waals surface area contributed by atoms with Crippen molar-refractivity contribution in [1.82, 2.24) is 5.32 Å². The lowest BCUT2D eigenvalue weighted by Crippen LogP contribution is -2.33. The highest BCUT2D eigenvalue weighted by Gasteiger charge is 2.07. The molecule has 0 spiro atoms. The summed E-state index contributed by atoms with van der Waals surface area (Å²) in [4.78, 5) is 12.2. The highest BCUT2D eigenvalue weighted by Crippen LogP contribution is 2.24. The number of furan rings is 1. The molecule has 0 atom stereocenters. The van der Waals surface area contributed by atoms with Gasteiger partial charge in [-0.2, -0.15) is 0 Å². The SMILES string of the molecule is CCc1cc(I)ccc1NC(=S)NC(=O)C=Cc1ccc(-c2ccc(Cl)cc2)o1. The lowest BCUT2D eigenvalue weighted by atomic mass is 10.1. The van der Waals surface area contributed by atoms with Crippen LogP contribution in [0.2, 0.25) is 5.02 Å². The number of hydrogen-bond donors (Lipinski definition) is 2. The van der Waals surface area contributed by atoms with E-state index in [9.17, 15) is 4.79 Å². The fourth-order valence-corrected chi connectivity index (χ4v) is 3.55. The van der Waals surface area contributed by atoms with Crippen LogP contribution in [-0.2, 0) is 11.2 Å². The first-order chi connectivity index (χ1) is 13.9. The fraction of sp³-hybridized carbons (Fsp3) is 0.0909. The minimum Gasteiger partial charge on any atom is -0.457 e. The van der Waals surface area contributed by atoms with Crippen LogP contribution in [0.5, 0.6) is 0 Å². The first-order valence-electron chi connectivity index (χ1n) is 8.89. The zero-order chi connectivity index (χ0) is 20.8. The molecule has 0 saturated carbocycles. The van der Waals surface area contributed by atoms with E-state index in [1.165, 1.54) is 6.08 Å². The second-order valence-electron chi connectivity index (χ2n) is 6.14. The van der Waals surface area contributed by atoms with E-state index >= 15 is 0 Å². The van der Waals surface area contributed by atoms with Gasteiger partial charge in [0.05, 0.1) is 0 Å². The van der Waals surface area contributed by atoms with Crippen molar-refractivity contribution in [2.75, 3.05) is 5.32 Å². The number of aryl methyl sites for hydroxylation is 1. The Morgan fingerprint density at radius 2 is 1.93 bits per heavy atom. The molecule has 3 rings (SSSR count). The summed E-state index contributed by atoms with van der Waals surface area (Å²) >= 11 is 13.4. The smallest absolute Gasteiger partial charge is 0.250 e. The molecule has 4 nitrogen and oxygen atoms in total. The molecule has 0 radical (unpaired) electrons. The summed E-state index contributed by atoms with van der Waals surface area (Å²) in [5, 5.41) is 6.63. The Bertz CT molecular complexity index is 1060. The van der Waals surface area contributed by atoms with E-state index < -0.39 is 0 Å². The number of carbonyl (C=O) groups excluding carboxylic acids is 1. The Hall–Kier alpha value is -2.16. The minimum atomic E-state index is -0.337. The van der Waals surface area contributed by atoms with Crippen LogP contribution in [0.25, 0.3) is 17.4 Å². The predicted molar refractivity (Wildman–Crippen MR) is 131 cm³/mol. The molecule has 0 fully saturated rings. The van der Waals surface area contributed by atoms with E-state index in [0.29, 0.717) is 16.5 Å². The number of hydrogen-bond acceptors (Lipinski definition) is 3. The van der Waals surface area contributed by atoms with Crippen LogP contribution >= 0.6 is 46.4 Å². The summed E-state index contributed by atoms with van der Waals surface area (Å²) in [6, 6.07) is 17.0. The van der Waals surface area contributed by atoms with Crippen molar-refractivity contribution in [2.24, 2.45) is 0 Å². The number of anilines is 1. The molecule has 3 aromatic rings. The molecule has 29 heavy (non-hydrogen) atoms. The maximum absolute atomic E-state index is 12.2. The molecule has 1 heterocycles. The van der Waals surface area contributed by atoms with E-state index in [0.717, 1.165) is 26.8 Å². The van der Waals surface area contributed by atoms with Gasteiger partial charge in [-0.05, 0) is 107 Å². The van der Waals surface area contributed by atoms with E-state index in [-0.39, 0.29) is 11.0 Å². The Balaban J connectivity index is 1.58. The fourth-order valence-electron chi connectivity index (χ4n) is 2.65. The second-order valence-corrected chi connectivity index (χ2v) is 8.23. The monoisotopic (exact) mass is 536 g/mol. The van der Waals surface area contributed by atoms with Crippen LogP contribution in [0.4, 0.5) is 5.69 Å². The van der Waals surface area contributed by atoms with Crippen LogP contribution < -0.4 is 10.6 Å². The zero-order valence-corrected chi connectivity index (χ0v) is 19.3. The average molecular weight is 537 g/mol. The molecule has 148 valence electrons. The third-order valence-electron chi connectivity index (χ3n) is 4.09. The molecule has 0 aliphatic heterocycles. The van der Waals surface area contributed by atoms with Gasteiger partial charge in [0.1, 0.15) is 11.5 Å². The summed E-state index contributed by atoms with van der Waals surface area (Å²) in [7, 11) is 0. The number of halogens is 2. The average Bonchev–Trinajstić information content (AvgIpc) is 3.17. The third-order valence-corrected chi connectivity index (χ3v) is 5.21. The van der Waals surface area contributed by atoms with Crippen LogP contribution in [0.1, 0.15) is 18.2 Å². The third kappa shape index (κ3) is 6.16. The Morgan fingerprint density at radius 1 is 1.17 bits per heavy atom. The molecule has 1 aromatic heterocycles. The summed E-state index contributed by atoms with van der Waals surface area (Å²) in [5.41, 5.74) is 2.93. The molecule has 0 bridgehead atoms. The number of thiocarbonyl (C=S) groups is 1. The van der Waals surface area contributed by atoms with Gasteiger partial charge in [-0.25, -0.2) is 0 Å². The van der Waals surface area contributed by atoms with Gasteiger partial charge in [-0.1, -0.05) is 18.5 Å². The summed E-state index contributed by atoms with van der Waals surface area (Å²) in [6.07, 6.45) is 3.84. The van der Waals surface area contributed by atoms with E-state index in [1.54, 1.807) is 24.3 Å². The molecule has 2 aromatic carbocycles. The van der Waals surface area contributed by atoms with Crippen molar-refractivity contribution < 1.29 is 9.21 Å². The van der Waals surface area contributed by atoms with Gasteiger partial charge in [0.2, 0.25) is 5.91 Å². The van der Waals surface area contributed by atoms with Gasteiger partial charge in [0.25, 0.3) is 0 Å². The summed E-state index contributed by atoms with van der Waals surface area (Å²) in [6.45, 7) is 2.07. The Labute approximate surface area is 193 Å². The number of rotatable bonds is 5. The number of amides is 1. The van der Waals surface area contributed by atoms with E-state index in [1.807, 2.05) is 30.3 Å². The van der Waals surface area contributed by atoms with E-state index in [4.69, 9.17) is 28.2 Å². The lowest BCUT2D eigenvalue weighted by Gasteiger charge is -2.12. The van der Waals surface area contributed by atoms with Crippen LogP contribution in [-0.4, -0.2) is 11.0 Å². The van der Waals surface area contributed by atoms with Gasteiger partial charge in [-0.3, -0.25) is 10.1 Å². The van der Waals surface area contributed by atoms with Gasteiger partial charge in [0.15, 0.2) is 5.11 Å². The van der Waals surface area contributed by atoms with Gasteiger partial charge in [0, 0.05) is 25.9 Å². The van der Waals surface area contributed by atoms with Crippen molar-refractivity contribution in [3.8, 4) is 11.3 Å². The largest absolute Gasteiger partial charge is 0.457 e. The predicted octanol–water partition coefficient (Wildman–Crippen LogP) is 6.29. The highest BCUT2D eigenvalue weighted by molar-refractivity contribution is 14.1. The molecule has 7 heteroatoms. The van der Waals surface area contributed by atoms with Crippen LogP contribution in [0, 0.1) is 3.57 Å². The second kappa shape index (κ2) is 10.0. The first kappa shape index (κ1) is 21.5. The first-order valence-corrected chi connectivity index (χ1v) is 10.8. The van der Waals surface area contributed by atoms with Crippen molar-refractivity contribution in [1.29, 1.82) is 0 Å². The topological polar surface area (TPSA) is 54.3 Å². The molecular weight excluding hydrogens is 519 g/mol. The standard InChI is InChI=1S/C22H18ClIN2O2S/c1-2-14-13-17(24)7-10-19(14)25-22(29)26-21(27)12-9-18-8-11-20(28-18)15-3-5-16(23)6-4-15/h3-13H,2H2,1H3,(H2,25,26,27,29). The molecule has 0 aliphatic rings. The van der Waals surface area contributed by atoms with Crippen LogP contribution in [0.15, 0.2) is 65.1 Å². The number of nitrogens with one attached hydrogen (secondary N) is 2. The summed E-state index contributed by atoms with van der Waals surface area (Å²) < 4.78 is 6.90. The number of carbonyl (C=O) groups is 1. The minimum absolute atomic E-state index is 0.247. The number of benzene rings is 2. The Kier molecular flexibility index (Phi) is 7.46. The molecule has 0 aliphatic carbocycles. The zero-order valence-electron chi connectivity index (χ0n) is 15.5. The highest BCUT2D eigenvalue weighted by atomic mass is 127. The molecular formula is C22H18ClIN2O2S. The van der Waals surface area contributed by atoms with Crippen molar-refractivity contribution >= 4 is 69.2 Å². The maximum Gasteiger partial charge on any atom is 0.250 e. The molecule has 0 unspecified atom stereocenters. The Morgan fingerprint density at radius 3 is 2.66 bits per heavy atom. The van der Waals surface area contributed by atoms with Gasteiger partial charge in [-0.15, -0.1) is 0 Å². The quantitative estimate of drug-likeness (QED) is 0.228. The van der Waals surface area contributed by atoms with Crippen molar-refractivity contribution in [3.63, 3.8) is 0 Å². The van der Waals surface area contributed by atoms with Gasteiger partial charge >= 0.3 is 0 Å². The molecule has 1 amide bonds. The lowest BCUT2D eigenvalue weighted by molar-refractivity contribution is -0.115. The normalized spacial score (nSPS) is 10.9. The van der Waals surface area contributed by atoms with Crippen LogP contribution in [0.3, 0.4) is 0 Å². The van der Waals surface area contributed by atoms with Crippen molar-refractivity contribution in [3.05, 3.63) is 80.6 Å². The van der Waals surface area contributed by atoms with Gasteiger partial charge < -0.3 is 9.73 Å². The van der Waals surface area contributed by atoms with E-state index in [2.05, 4.69) is 46.2 Å². The molecule has 2 N–H and O–H groups in total. The summed E-state index contributed by atoms with van der Waals surface area (Å²) in [5.74, 6) is 0.926. The molecule has 0 saturated heterocycles. The maximum atomic E-state index is 12.2. The van der Waals surface area contributed by atoms with Crippen molar-refractivity contribution in [2.45, 2.75) is 13.3 Å².